The molecule has 2 N–H and O–H groups in total. The van der Waals surface area contributed by atoms with Crippen molar-refractivity contribution in [2.45, 2.75) is 52.4 Å². The van der Waals surface area contributed by atoms with E-state index < -0.39 is 11.9 Å². The van der Waals surface area contributed by atoms with Crippen LogP contribution in [-0.4, -0.2) is 19.2 Å². The summed E-state index contributed by atoms with van der Waals surface area (Å²) >= 11 is 6.42. The summed E-state index contributed by atoms with van der Waals surface area (Å²) in [5.74, 6) is -0.438. The van der Waals surface area contributed by atoms with Crippen LogP contribution >= 0.6 is 11.6 Å². The second-order valence-electron chi connectivity index (χ2n) is 6.71. The number of benzene rings is 1. The van der Waals surface area contributed by atoms with Crippen molar-refractivity contribution < 1.29 is 19.0 Å². The molecule has 6 nitrogen and oxygen atoms in total. The third-order valence-corrected chi connectivity index (χ3v) is 4.94. The summed E-state index contributed by atoms with van der Waals surface area (Å²) in [5, 5.41) is 10.0. The van der Waals surface area contributed by atoms with Crippen LogP contribution in [0.5, 0.6) is 5.75 Å². The molecule has 156 valence electrons. The molecule has 0 aromatic heterocycles. The summed E-state index contributed by atoms with van der Waals surface area (Å²) in [6.07, 6.45) is 4.40. The van der Waals surface area contributed by atoms with Crippen LogP contribution in [0.25, 0.3) is 0 Å². The first-order chi connectivity index (χ1) is 13.9. The van der Waals surface area contributed by atoms with E-state index in [1.165, 1.54) is 6.42 Å². The third-order valence-electron chi connectivity index (χ3n) is 4.65. The molecule has 2 rings (SSSR count). The molecule has 7 heteroatoms. The maximum atomic E-state index is 12.5. The molecule has 0 spiro atoms. The van der Waals surface area contributed by atoms with Crippen LogP contribution in [0, 0.1) is 11.3 Å². The summed E-state index contributed by atoms with van der Waals surface area (Å²) in [5.41, 5.74) is 6.93. The van der Waals surface area contributed by atoms with E-state index in [1.807, 2.05) is 0 Å². The van der Waals surface area contributed by atoms with Crippen molar-refractivity contribution in [3.05, 3.63) is 51.6 Å². The van der Waals surface area contributed by atoms with Crippen LogP contribution in [0.2, 0.25) is 5.02 Å². The molecule has 0 saturated heterocycles. The minimum absolute atomic E-state index is 0.0320. The topological polar surface area (TPSA) is 94.6 Å². The lowest BCUT2D eigenvalue weighted by atomic mass is 9.83. The number of esters is 1. The molecule has 0 saturated carbocycles. The number of hydrogen-bond donors (Lipinski definition) is 1. The van der Waals surface area contributed by atoms with E-state index in [1.54, 1.807) is 32.0 Å². The Morgan fingerprint density at radius 3 is 2.69 bits per heavy atom. The monoisotopic (exact) mass is 418 g/mol. The zero-order valence-electron chi connectivity index (χ0n) is 17.1. The van der Waals surface area contributed by atoms with E-state index in [9.17, 15) is 10.1 Å². The molecule has 1 atom stereocenters. The van der Waals surface area contributed by atoms with E-state index in [-0.39, 0.29) is 23.6 Å². The lowest BCUT2D eigenvalue weighted by Gasteiger charge is -2.27. The molecule has 1 aliphatic rings. The Balaban J connectivity index is 2.33. The van der Waals surface area contributed by atoms with Crippen molar-refractivity contribution >= 4 is 17.6 Å². The average Bonchev–Trinajstić information content (AvgIpc) is 2.68. The van der Waals surface area contributed by atoms with Gasteiger partial charge in [-0.1, -0.05) is 43.9 Å². The highest BCUT2D eigenvalue weighted by molar-refractivity contribution is 6.32. The molecule has 1 aromatic carbocycles. The minimum atomic E-state index is -0.719. The summed E-state index contributed by atoms with van der Waals surface area (Å²) in [6, 6.07) is 7.27. The fourth-order valence-electron chi connectivity index (χ4n) is 3.21. The predicted molar refractivity (Wildman–Crippen MR) is 111 cm³/mol. The lowest BCUT2D eigenvalue weighted by Crippen LogP contribution is -2.25. The first-order valence-corrected chi connectivity index (χ1v) is 10.2. The molecule has 0 amide bonds. The van der Waals surface area contributed by atoms with Gasteiger partial charge < -0.3 is 19.9 Å². The Labute approximate surface area is 176 Å². The number of nitrogens with two attached hydrogens (primary N) is 1. The molecule has 1 heterocycles. The van der Waals surface area contributed by atoms with E-state index in [0.29, 0.717) is 28.7 Å². The third kappa shape index (κ3) is 5.45. The van der Waals surface area contributed by atoms with Gasteiger partial charge in [0, 0.05) is 0 Å². The van der Waals surface area contributed by atoms with Crippen LogP contribution in [0.15, 0.2) is 41.0 Å². The summed E-state index contributed by atoms with van der Waals surface area (Å²) < 4.78 is 16.4. The first-order valence-electron chi connectivity index (χ1n) is 9.82. The van der Waals surface area contributed by atoms with Crippen molar-refractivity contribution in [2.24, 2.45) is 5.73 Å². The Kier molecular flexibility index (Phi) is 8.41. The van der Waals surface area contributed by atoms with Gasteiger partial charge in [0.15, 0.2) is 0 Å². The van der Waals surface area contributed by atoms with Crippen LogP contribution < -0.4 is 10.5 Å². The van der Waals surface area contributed by atoms with Crippen LogP contribution in [0.1, 0.15) is 57.9 Å². The van der Waals surface area contributed by atoms with Gasteiger partial charge in [0.1, 0.15) is 23.2 Å². The van der Waals surface area contributed by atoms with Gasteiger partial charge in [-0.15, -0.1) is 0 Å². The standard InChI is InChI=1S/C22H27ClN2O4/c1-4-6-7-8-11-28-18-10-9-15(12-17(18)23)20-16(13-24)21(25)29-14(3)19(20)22(26)27-5-2/h9-10,12,20H,4-8,11,25H2,1-3H3. The van der Waals surface area contributed by atoms with Crippen molar-refractivity contribution in [3.63, 3.8) is 0 Å². The average molecular weight is 419 g/mol. The molecular formula is C22H27ClN2O4. The van der Waals surface area contributed by atoms with Crippen LogP contribution in [-0.2, 0) is 14.3 Å². The second kappa shape index (κ2) is 10.8. The fourth-order valence-corrected chi connectivity index (χ4v) is 3.46. The maximum absolute atomic E-state index is 12.5. The Hall–Kier alpha value is -2.65. The zero-order chi connectivity index (χ0) is 21.4. The number of nitriles is 1. The van der Waals surface area contributed by atoms with Gasteiger partial charge in [0.25, 0.3) is 0 Å². The van der Waals surface area contributed by atoms with Crippen molar-refractivity contribution in [1.29, 1.82) is 5.26 Å². The van der Waals surface area contributed by atoms with E-state index in [0.717, 1.165) is 19.3 Å². The lowest BCUT2D eigenvalue weighted by molar-refractivity contribution is -0.139. The number of ether oxygens (including phenoxy) is 3. The first kappa shape index (κ1) is 22.6. The molecule has 0 bridgehead atoms. The molecule has 29 heavy (non-hydrogen) atoms. The van der Waals surface area contributed by atoms with Gasteiger partial charge in [-0.2, -0.15) is 5.26 Å². The zero-order valence-corrected chi connectivity index (χ0v) is 17.8. The van der Waals surface area contributed by atoms with Gasteiger partial charge in [0.2, 0.25) is 5.88 Å². The highest BCUT2D eigenvalue weighted by Gasteiger charge is 2.36. The van der Waals surface area contributed by atoms with Gasteiger partial charge in [-0.05, 0) is 38.0 Å². The number of carbonyl (C=O) groups excluding carboxylic acids is 1. The summed E-state index contributed by atoms with van der Waals surface area (Å²) in [7, 11) is 0. The second-order valence-corrected chi connectivity index (χ2v) is 7.12. The highest BCUT2D eigenvalue weighted by atomic mass is 35.5. The number of allylic oxidation sites excluding steroid dienone is 2. The normalized spacial score (nSPS) is 16.3. The molecule has 1 aromatic rings. The number of hydrogen-bond acceptors (Lipinski definition) is 6. The summed E-state index contributed by atoms with van der Waals surface area (Å²) in [4.78, 5) is 12.5. The number of carbonyl (C=O) groups is 1. The van der Waals surface area contributed by atoms with Crippen molar-refractivity contribution in [2.75, 3.05) is 13.2 Å². The minimum Gasteiger partial charge on any atom is -0.492 e. The Morgan fingerprint density at radius 2 is 2.07 bits per heavy atom. The Bertz CT molecular complexity index is 855. The van der Waals surface area contributed by atoms with Crippen molar-refractivity contribution in [3.8, 4) is 11.8 Å². The number of halogens is 1. The smallest absolute Gasteiger partial charge is 0.338 e. The number of nitrogens with zero attached hydrogens (tertiary/aromatic N) is 1. The van der Waals surface area contributed by atoms with Crippen molar-refractivity contribution in [1.82, 2.24) is 0 Å². The van der Waals surface area contributed by atoms with Crippen LogP contribution in [0.3, 0.4) is 0 Å². The van der Waals surface area contributed by atoms with Gasteiger partial charge in [-0.3, -0.25) is 0 Å². The number of unbranched alkanes of at least 4 members (excludes halogenated alkanes) is 3. The van der Waals surface area contributed by atoms with Gasteiger partial charge >= 0.3 is 5.97 Å². The van der Waals surface area contributed by atoms with E-state index in [4.69, 9.17) is 31.5 Å². The Morgan fingerprint density at radius 1 is 1.31 bits per heavy atom. The predicted octanol–water partition coefficient (Wildman–Crippen LogP) is 4.94. The molecule has 1 unspecified atom stereocenters. The maximum Gasteiger partial charge on any atom is 0.338 e. The quantitative estimate of drug-likeness (QED) is 0.450. The van der Waals surface area contributed by atoms with E-state index in [2.05, 4.69) is 13.0 Å². The molecule has 0 radical (unpaired) electrons. The molecular weight excluding hydrogens is 392 g/mol. The van der Waals surface area contributed by atoms with E-state index >= 15 is 0 Å². The fraction of sp³-hybridized carbons (Fsp3) is 0.455. The largest absolute Gasteiger partial charge is 0.492 e. The van der Waals surface area contributed by atoms with Gasteiger partial charge in [-0.25, -0.2) is 4.79 Å². The molecule has 0 aliphatic carbocycles. The SMILES string of the molecule is CCCCCCOc1ccc(C2C(C#N)=C(N)OC(C)=C2C(=O)OCC)cc1Cl. The number of rotatable bonds is 9. The summed E-state index contributed by atoms with van der Waals surface area (Å²) in [6.45, 7) is 6.28. The van der Waals surface area contributed by atoms with Crippen LogP contribution in [0.4, 0.5) is 0 Å². The molecule has 0 fully saturated rings. The highest BCUT2D eigenvalue weighted by Crippen LogP contribution is 2.41. The molecule has 1 aliphatic heterocycles. The van der Waals surface area contributed by atoms with Gasteiger partial charge in [0.05, 0.1) is 29.7 Å².